The summed E-state index contributed by atoms with van der Waals surface area (Å²) in [6.07, 6.45) is 0.335. The summed E-state index contributed by atoms with van der Waals surface area (Å²) in [4.78, 5) is 28.3. The molecule has 0 spiro atoms. The Labute approximate surface area is 229 Å². The number of hydrogen-bond acceptors (Lipinski definition) is 12. The third-order valence-electron chi connectivity index (χ3n) is 5.70. The molecule has 0 aliphatic carbocycles. The van der Waals surface area contributed by atoms with Crippen molar-refractivity contribution in [1.29, 1.82) is 0 Å². The van der Waals surface area contributed by atoms with Crippen LogP contribution in [0.4, 0.5) is 5.13 Å². The molecule has 3 N–H and O–H groups in total. The van der Waals surface area contributed by atoms with E-state index in [1.807, 2.05) is 7.05 Å². The lowest BCUT2D eigenvalue weighted by Gasteiger charge is -2.16. The molecule has 3 heterocycles. The number of aliphatic hydroxyl groups excluding tert-OH is 1. The van der Waals surface area contributed by atoms with Gasteiger partial charge in [0, 0.05) is 38.2 Å². The predicted molar refractivity (Wildman–Crippen MR) is 146 cm³/mol. The molecular weight excluding hydrogens is 548 g/mol. The Balaban J connectivity index is 1.56. The smallest absolute Gasteiger partial charge is 0.280 e. The molecule has 1 aliphatic heterocycles. The van der Waals surface area contributed by atoms with Crippen molar-refractivity contribution in [2.45, 2.75) is 17.4 Å². The molecule has 0 unspecified atom stereocenters. The fraction of sp³-hybridized carbons (Fsp3) is 0.417. The van der Waals surface area contributed by atoms with E-state index in [2.05, 4.69) is 25.8 Å². The number of likely N-dealkylation sites (N-methyl/N-ethyl adjacent to an activating group) is 2. The summed E-state index contributed by atoms with van der Waals surface area (Å²) in [5.74, 6) is -0.139. The number of sulfonamides is 1. The first kappa shape index (κ1) is 28.8. The third kappa shape index (κ3) is 7.26. The van der Waals surface area contributed by atoms with Gasteiger partial charge in [0.2, 0.25) is 15.9 Å². The van der Waals surface area contributed by atoms with Gasteiger partial charge < -0.3 is 24.7 Å². The van der Waals surface area contributed by atoms with E-state index in [1.165, 1.54) is 42.6 Å². The monoisotopic (exact) mass is 578 g/mol. The van der Waals surface area contributed by atoms with E-state index in [4.69, 9.17) is 19.4 Å². The van der Waals surface area contributed by atoms with Gasteiger partial charge >= 0.3 is 0 Å². The first-order valence-corrected chi connectivity index (χ1v) is 14.4. The second-order valence-electron chi connectivity index (χ2n) is 8.50. The van der Waals surface area contributed by atoms with Gasteiger partial charge in [-0.2, -0.15) is 4.31 Å². The van der Waals surface area contributed by atoms with E-state index in [0.717, 1.165) is 4.31 Å². The Hall–Kier alpha value is -3.21. The van der Waals surface area contributed by atoms with E-state index < -0.39 is 15.9 Å². The van der Waals surface area contributed by atoms with Crippen LogP contribution in [0.1, 0.15) is 12.0 Å². The first-order valence-electron chi connectivity index (χ1n) is 12.2. The molecule has 1 aliphatic rings. The summed E-state index contributed by atoms with van der Waals surface area (Å²) in [7, 11) is -0.601. The minimum absolute atomic E-state index is 0.0112. The molecule has 2 aromatic heterocycles. The highest BCUT2D eigenvalue weighted by molar-refractivity contribution is 7.89. The van der Waals surface area contributed by atoms with Gasteiger partial charge in [-0.05, 0) is 25.2 Å². The zero-order chi connectivity index (χ0) is 27.8. The van der Waals surface area contributed by atoms with Crippen LogP contribution >= 0.6 is 11.3 Å². The highest BCUT2D eigenvalue weighted by atomic mass is 32.2. The standard InChI is InChI=1S/C24H30N6O7S2/c1-25-10-14-36-20-8-7-19-23(27-20)38-24(26-19)28-22(32)21(29-37-17-9-13-35-15-17)16-3-5-18(6-4-16)39(33,34)30(2)11-12-31/h3-8,17,25,31H,9-15H2,1-2H3,(H,26,28,32)/b29-21+/t17-/m1/s1. The number of aliphatic hydroxyl groups is 1. The van der Waals surface area contributed by atoms with Crippen molar-refractivity contribution in [2.75, 3.05) is 58.9 Å². The van der Waals surface area contributed by atoms with Gasteiger partial charge in [-0.15, -0.1) is 0 Å². The molecule has 1 saturated heterocycles. The van der Waals surface area contributed by atoms with Gasteiger partial charge in [0.05, 0.1) is 24.7 Å². The SMILES string of the molecule is CNCCOc1ccc2nc(NC(=O)/C(=N/O[C@@H]3CCOC3)c3ccc(S(=O)(=O)N(C)CCO)cc3)sc2n1. The number of fused-ring (bicyclic) bond motifs is 1. The van der Waals surface area contributed by atoms with Crippen LogP contribution in [0, 0.1) is 0 Å². The Morgan fingerprint density at radius 1 is 1.26 bits per heavy atom. The number of anilines is 1. The molecule has 0 radical (unpaired) electrons. The van der Waals surface area contributed by atoms with Gasteiger partial charge in [-0.25, -0.2) is 18.4 Å². The number of hydrogen-bond donors (Lipinski definition) is 3. The zero-order valence-corrected chi connectivity index (χ0v) is 23.1. The van der Waals surface area contributed by atoms with Crippen LogP contribution in [0.3, 0.4) is 0 Å². The molecule has 210 valence electrons. The van der Waals surface area contributed by atoms with Crippen molar-refractivity contribution in [3.8, 4) is 5.88 Å². The molecule has 13 nitrogen and oxygen atoms in total. The normalized spacial score (nSPS) is 16.1. The van der Waals surface area contributed by atoms with Gasteiger partial charge in [0.25, 0.3) is 5.91 Å². The van der Waals surface area contributed by atoms with Crippen LogP contribution < -0.4 is 15.4 Å². The van der Waals surface area contributed by atoms with Crippen molar-refractivity contribution >= 4 is 48.5 Å². The molecule has 1 atom stereocenters. The molecule has 1 fully saturated rings. The van der Waals surface area contributed by atoms with E-state index in [0.29, 0.717) is 59.7 Å². The predicted octanol–water partition coefficient (Wildman–Crippen LogP) is 1.05. The van der Waals surface area contributed by atoms with E-state index in [-0.39, 0.29) is 29.9 Å². The maximum atomic E-state index is 13.3. The number of aromatic nitrogens is 2. The lowest BCUT2D eigenvalue weighted by molar-refractivity contribution is -0.110. The highest BCUT2D eigenvalue weighted by Crippen LogP contribution is 2.26. The van der Waals surface area contributed by atoms with Gasteiger partial charge in [-0.3, -0.25) is 10.1 Å². The fourth-order valence-corrected chi connectivity index (χ4v) is 5.51. The molecule has 39 heavy (non-hydrogen) atoms. The Kier molecular flexibility index (Phi) is 9.77. The molecule has 0 bridgehead atoms. The van der Waals surface area contributed by atoms with Gasteiger partial charge in [0.1, 0.15) is 17.0 Å². The molecule has 1 aromatic carbocycles. The third-order valence-corrected chi connectivity index (χ3v) is 8.45. The maximum Gasteiger partial charge on any atom is 0.280 e. The van der Waals surface area contributed by atoms with Crippen molar-refractivity contribution in [3.63, 3.8) is 0 Å². The number of benzene rings is 1. The Morgan fingerprint density at radius 3 is 2.74 bits per heavy atom. The topological polar surface area (TPSA) is 165 Å². The number of rotatable bonds is 13. The molecule has 1 amide bonds. The Morgan fingerprint density at radius 2 is 2.05 bits per heavy atom. The first-order chi connectivity index (χ1) is 18.8. The number of pyridine rings is 1. The Bertz CT molecular complexity index is 1410. The van der Waals surface area contributed by atoms with Crippen molar-refractivity contribution in [2.24, 2.45) is 5.16 Å². The number of ether oxygens (including phenoxy) is 2. The number of nitrogens with zero attached hydrogens (tertiary/aromatic N) is 4. The maximum absolute atomic E-state index is 13.3. The quantitative estimate of drug-likeness (QED) is 0.152. The van der Waals surface area contributed by atoms with Crippen LogP contribution in [-0.2, 0) is 24.4 Å². The van der Waals surface area contributed by atoms with Crippen molar-refractivity contribution < 1.29 is 32.6 Å². The second-order valence-corrected chi connectivity index (χ2v) is 11.5. The molecular formula is C24H30N6O7S2. The van der Waals surface area contributed by atoms with Crippen LogP contribution in [0.2, 0.25) is 0 Å². The van der Waals surface area contributed by atoms with Crippen LogP contribution in [0.5, 0.6) is 5.88 Å². The number of carbonyl (C=O) groups excluding carboxylic acids is 1. The fourth-order valence-electron chi connectivity index (χ4n) is 3.52. The molecule has 15 heteroatoms. The number of thiazole rings is 1. The number of amides is 1. The number of nitrogens with one attached hydrogen (secondary N) is 2. The lowest BCUT2D eigenvalue weighted by atomic mass is 10.1. The summed E-state index contributed by atoms with van der Waals surface area (Å²) in [5, 5.41) is 19.2. The zero-order valence-electron chi connectivity index (χ0n) is 21.5. The molecule has 4 rings (SSSR count). The minimum Gasteiger partial charge on any atom is -0.476 e. The second kappa shape index (κ2) is 13.2. The van der Waals surface area contributed by atoms with Crippen molar-refractivity contribution in [3.05, 3.63) is 42.0 Å². The summed E-state index contributed by atoms with van der Waals surface area (Å²) in [5.41, 5.74) is 0.878. The minimum atomic E-state index is -3.81. The largest absolute Gasteiger partial charge is 0.476 e. The summed E-state index contributed by atoms with van der Waals surface area (Å²) in [6, 6.07) is 9.16. The summed E-state index contributed by atoms with van der Waals surface area (Å²) < 4.78 is 37.4. The average molecular weight is 579 g/mol. The number of oxime groups is 1. The average Bonchev–Trinajstić information content (AvgIpc) is 3.58. The van der Waals surface area contributed by atoms with Crippen LogP contribution in [0.15, 0.2) is 46.4 Å². The summed E-state index contributed by atoms with van der Waals surface area (Å²) in [6.45, 7) is 1.67. The lowest BCUT2D eigenvalue weighted by Crippen LogP contribution is -2.29. The molecule has 3 aromatic rings. The van der Waals surface area contributed by atoms with E-state index >= 15 is 0 Å². The van der Waals surface area contributed by atoms with E-state index in [9.17, 15) is 13.2 Å². The highest BCUT2D eigenvalue weighted by Gasteiger charge is 2.24. The number of carbonyl (C=O) groups is 1. The van der Waals surface area contributed by atoms with Crippen LogP contribution in [0.25, 0.3) is 10.3 Å². The van der Waals surface area contributed by atoms with Crippen molar-refractivity contribution in [1.82, 2.24) is 19.6 Å². The summed E-state index contributed by atoms with van der Waals surface area (Å²) >= 11 is 1.18. The van der Waals surface area contributed by atoms with Gasteiger partial charge in [0.15, 0.2) is 16.9 Å². The van der Waals surface area contributed by atoms with Gasteiger partial charge in [-0.1, -0.05) is 28.6 Å². The van der Waals surface area contributed by atoms with Crippen LogP contribution in [-0.4, -0.2) is 99.1 Å². The molecule has 0 saturated carbocycles. The van der Waals surface area contributed by atoms with E-state index in [1.54, 1.807) is 12.1 Å².